The minimum Gasteiger partial charge on any atom is -0.508 e. The number of amides is 3. The number of aryl methyl sites for hydroxylation is 1. The molecule has 0 spiro atoms. The lowest BCUT2D eigenvalue weighted by Gasteiger charge is -2.12. The summed E-state index contributed by atoms with van der Waals surface area (Å²) in [6.07, 6.45) is 0. The van der Waals surface area contributed by atoms with Gasteiger partial charge in [0.1, 0.15) is 10.6 Å². The fourth-order valence-corrected chi connectivity index (χ4v) is 3.86. The number of nitrogens with one attached hydrogen (secondary N) is 3. The van der Waals surface area contributed by atoms with Gasteiger partial charge in [0.15, 0.2) is 0 Å². The van der Waals surface area contributed by atoms with Gasteiger partial charge in [0.25, 0.3) is 15.9 Å². The quantitative estimate of drug-likeness (QED) is 0.439. The van der Waals surface area contributed by atoms with Gasteiger partial charge in [-0.15, -0.1) is 0 Å². The Balaban J connectivity index is 1.72. The highest BCUT2D eigenvalue weighted by atomic mass is 32.2. The van der Waals surface area contributed by atoms with E-state index in [9.17, 15) is 23.1 Å². The maximum atomic E-state index is 12.7. The second kappa shape index (κ2) is 9.31. The van der Waals surface area contributed by atoms with Gasteiger partial charge in [-0.3, -0.25) is 4.79 Å². The number of carbonyl (C=O) groups is 2. The molecule has 0 aliphatic carbocycles. The van der Waals surface area contributed by atoms with Gasteiger partial charge in [-0.05, 0) is 48.9 Å². The van der Waals surface area contributed by atoms with Crippen molar-refractivity contribution in [1.82, 2.24) is 10.0 Å². The number of sulfonamides is 1. The molecular formula is C22H21N3O5S. The van der Waals surface area contributed by atoms with Crippen molar-refractivity contribution in [3.8, 4) is 5.75 Å². The van der Waals surface area contributed by atoms with Crippen molar-refractivity contribution in [2.24, 2.45) is 0 Å². The van der Waals surface area contributed by atoms with Crippen molar-refractivity contribution >= 4 is 27.6 Å². The first-order valence-electron chi connectivity index (χ1n) is 9.30. The van der Waals surface area contributed by atoms with Gasteiger partial charge in [-0.25, -0.2) is 17.9 Å². The van der Waals surface area contributed by atoms with Crippen LogP contribution in [0.3, 0.4) is 0 Å². The molecule has 3 aromatic rings. The minimum absolute atomic E-state index is 0.00385. The summed E-state index contributed by atoms with van der Waals surface area (Å²) in [5, 5.41) is 14.3. The Morgan fingerprint density at radius 1 is 0.903 bits per heavy atom. The molecule has 9 heteroatoms. The predicted octanol–water partition coefficient (Wildman–Crippen LogP) is 3.14. The van der Waals surface area contributed by atoms with E-state index in [2.05, 4.69) is 10.6 Å². The lowest BCUT2D eigenvalue weighted by atomic mass is 10.1. The van der Waals surface area contributed by atoms with Crippen molar-refractivity contribution < 1.29 is 23.1 Å². The highest BCUT2D eigenvalue weighted by Crippen LogP contribution is 2.17. The number of hydrogen-bond acceptors (Lipinski definition) is 5. The zero-order chi connectivity index (χ0) is 22.4. The first-order valence-corrected chi connectivity index (χ1v) is 10.8. The number of aromatic hydroxyl groups is 1. The van der Waals surface area contributed by atoms with Gasteiger partial charge >= 0.3 is 6.03 Å². The molecule has 0 aliphatic heterocycles. The molecule has 3 amide bonds. The largest absolute Gasteiger partial charge is 0.508 e. The van der Waals surface area contributed by atoms with Crippen LogP contribution >= 0.6 is 0 Å². The van der Waals surface area contributed by atoms with Gasteiger partial charge in [-0.2, -0.15) is 0 Å². The molecule has 160 valence electrons. The SMILES string of the molecule is Cc1ccc(CNC(=O)c2ccccc2S(=O)(=O)NC(=O)Nc2ccc(O)cc2)cc1. The third kappa shape index (κ3) is 5.83. The lowest BCUT2D eigenvalue weighted by molar-refractivity contribution is 0.0947. The molecule has 8 nitrogen and oxygen atoms in total. The number of phenolic OH excluding ortho intramolecular Hbond substituents is 1. The minimum atomic E-state index is -4.32. The van der Waals surface area contributed by atoms with Gasteiger partial charge in [0, 0.05) is 12.2 Å². The molecule has 31 heavy (non-hydrogen) atoms. The highest BCUT2D eigenvalue weighted by Gasteiger charge is 2.24. The van der Waals surface area contributed by atoms with E-state index in [1.165, 1.54) is 48.5 Å². The van der Waals surface area contributed by atoms with E-state index >= 15 is 0 Å². The van der Waals surface area contributed by atoms with E-state index in [0.717, 1.165) is 11.1 Å². The number of benzene rings is 3. The second-order valence-electron chi connectivity index (χ2n) is 6.77. The van der Waals surface area contributed by atoms with Gasteiger partial charge in [-0.1, -0.05) is 42.0 Å². The van der Waals surface area contributed by atoms with E-state index in [1.54, 1.807) is 0 Å². The van der Waals surface area contributed by atoms with Crippen LogP contribution in [-0.4, -0.2) is 25.5 Å². The summed E-state index contributed by atoms with van der Waals surface area (Å²) in [6.45, 7) is 2.18. The maximum Gasteiger partial charge on any atom is 0.333 e. The summed E-state index contributed by atoms with van der Waals surface area (Å²) in [6, 6.07) is 17.7. The van der Waals surface area contributed by atoms with Crippen molar-refractivity contribution in [2.75, 3.05) is 5.32 Å². The molecule has 0 atom stereocenters. The van der Waals surface area contributed by atoms with Crippen molar-refractivity contribution in [1.29, 1.82) is 0 Å². The summed E-state index contributed by atoms with van der Waals surface area (Å²) in [5.74, 6) is -0.579. The average molecular weight is 439 g/mol. The summed E-state index contributed by atoms with van der Waals surface area (Å²) < 4.78 is 27.4. The van der Waals surface area contributed by atoms with Crippen LogP contribution in [0.1, 0.15) is 21.5 Å². The molecule has 0 heterocycles. The van der Waals surface area contributed by atoms with E-state index < -0.39 is 22.0 Å². The molecular weight excluding hydrogens is 418 g/mol. The van der Waals surface area contributed by atoms with Crippen LogP contribution in [0.25, 0.3) is 0 Å². The summed E-state index contributed by atoms with van der Waals surface area (Å²) in [5.41, 5.74) is 2.16. The topological polar surface area (TPSA) is 125 Å². The molecule has 0 unspecified atom stereocenters. The molecule has 0 radical (unpaired) electrons. The number of phenols is 1. The zero-order valence-corrected chi connectivity index (χ0v) is 17.4. The van der Waals surface area contributed by atoms with Crippen molar-refractivity contribution in [3.05, 3.63) is 89.5 Å². The van der Waals surface area contributed by atoms with E-state index in [4.69, 9.17) is 0 Å². The molecule has 0 aromatic heterocycles. The van der Waals surface area contributed by atoms with Crippen LogP contribution in [0.2, 0.25) is 0 Å². The number of rotatable bonds is 6. The van der Waals surface area contributed by atoms with E-state index in [-0.39, 0.29) is 28.4 Å². The van der Waals surface area contributed by atoms with Crippen LogP contribution in [0, 0.1) is 6.92 Å². The fourth-order valence-electron chi connectivity index (χ4n) is 2.75. The first-order chi connectivity index (χ1) is 14.7. The Hall–Kier alpha value is -3.85. The van der Waals surface area contributed by atoms with Crippen LogP contribution < -0.4 is 15.4 Å². The molecule has 0 saturated carbocycles. The van der Waals surface area contributed by atoms with Crippen LogP contribution in [0.4, 0.5) is 10.5 Å². The lowest BCUT2D eigenvalue weighted by Crippen LogP contribution is -2.36. The fraction of sp³-hybridized carbons (Fsp3) is 0.0909. The number of anilines is 1. The molecule has 4 N–H and O–H groups in total. The zero-order valence-electron chi connectivity index (χ0n) is 16.6. The number of carbonyl (C=O) groups excluding carboxylic acids is 2. The van der Waals surface area contributed by atoms with E-state index in [0.29, 0.717) is 0 Å². The molecule has 0 fully saturated rings. The standard InChI is InChI=1S/C22H21N3O5S/c1-15-6-8-16(9-7-15)14-23-21(27)19-4-2-3-5-20(19)31(29,30)25-22(28)24-17-10-12-18(26)13-11-17/h2-13,26H,14H2,1H3,(H,23,27)(H2,24,25,28). The van der Waals surface area contributed by atoms with Crippen LogP contribution in [-0.2, 0) is 16.6 Å². The molecule has 3 rings (SSSR count). The normalized spacial score (nSPS) is 10.9. The van der Waals surface area contributed by atoms with Gasteiger partial charge < -0.3 is 15.7 Å². The third-order valence-corrected chi connectivity index (χ3v) is 5.74. The molecule has 0 aliphatic rings. The maximum absolute atomic E-state index is 12.7. The Bertz CT molecular complexity index is 1190. The van der Waals surface area contributed by atoms with Gasteiger partial charge in [0.2, 0.25) is 0 Å². The second-order valence-corrected chi connectivity index (χ2v) is 8.42. The highest BCUT2D eigenvalue weighted by molar-refractivity contribution is 7.90. The number of hydrogen-bond donors (Lipinski definition) is 4. The Labute approximate surface area is 180 Å². The number of urea groups is 1. The average Bonchev–Trinajstić information content (AvgIpc) is 2.74. The van der Waals surface area contributed by atoms with Gasteiger partial charge in [0.05, 0.1) is 5.56 Å². The first kappa shape index (κ1) is 21.8. The Morgan fingerprint density at radius 2 is 1.55 bits per heavy atom. The Morgan fingerprint density at radius 3 is 2.23 bits per heavy atom. The molecule has 3 aromatic carbocycles. The smallest absolute Gasteiger partial charge is 0.333 e. The summed E-state index contributed by atoms with van der Waals surface area (Å²) >= 11 is 0. The summed E-state index contributed by atoms with van der Waals surface area (Å²) in [7, 11) is -4.32. The van der Waals surface area contributed by atoms with Crippen LogP contribution in [0.15, 0.2) is 77.7 Å². The molecule has 0 saturated heterocycles. The summed E-state index contributed by atoms with van der Waals surface area (Å²) in [4.78, 5) is 24.5. The van der Waals surface area contributed by atoms with Crippen LogP contribution in [0.5, 0.6) is 5.75 Å². The van der Waals surface area contributed by atoms with E-state index in [1.807, 2.05) is 35.9 Å². The third-order valence-electron chi connectivity index (χ3n) is 4.35. The predicted molar refractivity (Wildman–Crippen MR) is 116 cm³/mol. The van der Waals surface area contributed by atoms with Crippen molar-refractivity contribution in [2.45, 2.75) is 18.4 Å². The molecule has 0 bridgehead atoms. The van der Waals surface area contributed by atoms with Crippen molar-refractivity contribution in [3.63, 3.8) is 0 Å². The monoisotopic (exact) mass is 439 g/mol. The Kier molecular flexibility index (Phi) is 6.56.